The molecule has 0 unspecified atom stereocenters. The molecule has 0 aromatic heterocycles. The van der Waals surface area contributed by atoms with E-state index in [9.17, 15) is 0 Å². The number of benzene rings is 2. The van der Waals surface area contributed by atoms with Gasteiger partial charge in [-0.05, 0) is 54.8 Å². The van der Waals surface area contributed by atoms with Crippen LogP contribution in [0.2, 0.25) is 10.0 Å². The second-order valence-corrected chi connectivity index (χ2v) is 6.90. The first kappa shape index (κ1) is 21.1. The van der Waals surface area contributed by atoms with Crippen LogP contribution in [0.25, 0.3) is 0 Å². The largest absolute Gasteiger partial charge is 0.489 e. The Balaban J connectivity index is 0.00000288. The number of hydrogen-bond donors (Lipinski definition) is 1. The van der Waals surface area contributed by atoms with E-state index in [4.69, 9.17) is 27.9 Å². The van der Waals surface area contributed by atoms with E-state index < -0.39 is 0 Å². The summed E-state index contributed by atoms with van der Waals surface area (Å²) in [6, 6.07) is 13.4. The normalized spacial score (nSPS) is 10.5. The van der Waals surface area contributed by atoms with E-state index in [1.807, 2.05) is 42.5 Å². The van der Waals surface area contributed by atoms with Gasteiger partial charge < -0.3 is 10.1 Å². The number of halogens is 3. The van der Waals surface area contributed by atoms with Gasteiger partial charge in [-0.3, -0.25) is 0 Å². The molecule has 0 atom stereocenters. The smallest absolute Gasteiger partial charge is 0.124 e. The lowest BCUT2D eigenvalue weighted by Gasteiger charge is -2.13. The minimum Gasteiger partial charge on any atom is -0.489 e. The van der Waals surface area contributed by atoms with E-state index in [1.165, 1.54) is 0 Å². The topological polar surface area (TPSA) is 21.3 Å². The second kappa shape index (κ2) is 10.8. The summed E-state index contributed by atoms with van der Waals surface area (Å²) in [6.45, 7) is 6.70. The van der Waals surface area contributed by atoms with Crippen molar-refractivity contribution < 1.29 is 4.74 Å². The first-order valence-corrected chi connectivity index (χ1v) is 8.66. The van der Waals surface area contributed by atoms with Gasteiger partial charge >= 0.3 is 0 Å². The van der Waals surface area contributed by atoms with Gasteiger partial charge in [-0.25, -0.2) is 0 Å². The van der Waals surface area contributed by atoms with Crippen molar-refractivity contribution in [3.05, 3.63) is 63.6 Å². The second-order valence-electron chi connectivity index (χ2n) is 6.03. The molecule has 2 aromatic rings. The fourth-order valence-electron chi connectivity index (χ4n) is 2.18. The standard InChI is InChI=1S/C19H23Cl2NO.ClH/c1-14(2)9-10-22-12-16-11-18(21)7-8-19(16)23-13-15-3-5-17(20)6-4-15;/h3-8,11,14,22H,9-10,12-13H2,1-2H3;1H. The maximum absolute atomic E-state index is 6.12. The third-order valence-corrected chi connectivity index (χ3v) is 4.03. The number of rotatable bonds is 8. The number of ether oxygens (including phenoxy) is 1. The number of hydrogen-bond acceptors (Lipinski definition) is 2. The van der Waals surface area contributed by atoms with Crippen molar-refractivity contribution in [2.24, 2.45) is 5.92 Å². The number of nitrogens with one attached hydrogen (secondary N) is 1. The third-order valence-electron chi connectivity index (χ3n) is 3.54. The summed E-state index contributed by atoms with van der Waals surface area (Å²) < 4.78 is 5.95. The van der Waals surface area contributed by atoms with Crippen LogP contribution in [0, 0.1) is 5.92 Å². The molecular formula is C19H24Cl3NO. The lowest BCUT2D eigenvalue weighted by atomic mass is 10.1. The van der Waals surface area contributed by atoms with Gasteiger partial charge in [0, 0.05) is 22.2 Å². The van der Waals surface area contributed by atoms with Crippen molar-refractivity contribution in [3.8, 4) is 5.75 Å². The molecule has 0 aliphatic rings. The summed E-state index contributed by atoms with van der Waals surface area (Å²) in [4.78, 5) is 0. The Morgan fingerprint density at radius 1 is 1.00 bits per heavy atom. The highest BCUT2D eigenvalue weighted by Crippen LogP contribution is 2.24. The van der Waals surface area contributed by atoms with E-state index in [0.29, 0.717) is 12.5 Å². The summed E-state index contributed by atoms with van der Waals surface area (Å²) in [7, 11) is 0. The molecule has 2 aromatic carbocycles. The van der Waals surface area contributed by atoms with Crippen LogP contribution in [0.4, 0.5) is 0 Å². The van der Waals surface area contributed by atoms with Crippen molar-refractivity contribution in [3.63, 3.8) is 0 Å². The lowest BCUT2D eigenvalue weighted by molar-refractivity contribution is 0.302. The van der Waals surface area contributed by atoms with E-state index >= 15 is 0 Å². The van der Waals surface area contributed by atoms with Crippen LogP contribution in [0.5, 0.6) is 5.75 Å². The maximum Gasteiger partial charge on any atom is 0.124 e. The highest BCUT2D eigenvalue weighted by Gasteiger charge is 2.06. The molecule has 0 heterocycles. The van der Waals surface area contributed by atoms with E-state index in [-0.39, 0.29) is 12.4 Å². The van der Waals surface area contributed by atoms with E-state index in [1.54, 1.807) is 0 Å². The van der Waals surface area contributed by atoms with Crippen LogP contribution < -0.4 is 10.1 Å². The summed E-state index contributed by atoms with van der Waals surface area (Å²) in [5, 5.41) is 4.91. The molecule has 5 heteroatoms. The highest BCUT2D eigenvalue weighted by atomic mass is 35.5. The average molecular weight is 389 g/mol. The van der Waals surface area contributed by atoms with Crippen molar-refractivity contribution >= 4 is 35.6 Å². The molecule has 0 saturated carbocycles. The van der Waals surface area contributed by atoms with Crippen LogP contribution >= 0.6 is 35.6 Å². The monoisotopic (exact) mass is 387 g/mol. The molecule has 0 aliphatic carbocycles. The zero-order chi connectivity index (χ0) is 16.7. The van der Waals surface area contributed by atoms with Gasteiger partial charge in [-0.1, -0.05) is 49.2 Å². The van der Waals surface area contributed by atoms with Gasteiger partial charge in [0.2, 0.25) is 0 Å². The van der Waals surface area contributed by atoms with Crippen molar-refractivity contribution in [2.75, 3.05) is 6.54 Å². The van der Waals surface area contributed by atoms with Crippen LogP contribution in [-0.4, -0.2) is 6.54 Å². The minimum atomic E-state index is 0. The molecule has 0 saturated heterocycles. The Bertz CT molecular complexity index is 615. The quantitative estimate of drug-likeness (QED) is 0.549. The van der Waals surface area contributed by atoms with E-state index in [0.717, 1.165) is 46.4 Å². The summed E-state index contributed by atoms with van der Waals surface area (Å²) in [5.74, 6) is 1.56. The Labute approximate surface area is 160 Å². The zero-order valence-electron chi connectivity index (χ0n) is 14.0. The fourth-order valence-corrected chi connectivity index (χ4v) is 2.50. The molecule has 1 N–H and O–H groups in total. The predicted octanol–water partition coefficient (Wildman–Crippen LogP) is 6.13. The van der Waals surface area contributed by atoms with Crippen LogP contribution in [0.3, 0.4) is 0 Å². The fraction of sp³-hybridized carbons (Fsp3) is 0.368. The Hall–Kier alpha value is -0.930. The molecule has 24 heavy (non-hydrogen) atoms. The van der Waals surface area contributed by atoms with Gasteiger partial charge in [0.15, 0.2) is 0 Å². The Morgan fingerprint density at radius 3 is 2.33 bits per heavy atom. The van der Waals surface area contributed by atoms with E-state index in [2.05, 4.69) is 19.2 Å². The van der Waals surface area contributed by atoms with Gasteiger partial charge in [-0.2, -0.15) is 0 Å². The maximum atomic E-state index is 6.12. The highest BCUT2D eigenvalue weighted by molar-refractivity contribution is 6.30. The molecule has 0 spiro atoms. The molecular weight excluding hydrogens is 365 g/mol. The molecule has 0 fully saturated rings. The van der Waals surface area contributed by atoms with Gasteiger partial charge in [0.05, 0.1) is 0 Å². The minimum absolute atomic E-state index is 0. The summed E-state index contributed by atoms with van der Waals surface area (Å²) >= 11 is 12.0. The third kappa shape index (κ3) is 7.31. The lowest BCUT2D eigenvalue weighted by Crippen LogP contribution is -2.17. The van der Waals surface area contributed by atoms with Gasteiger partial charge in [0.1, 0.15) is 12.4 Å². The van der Waals surface area contributed by atoms with Crippen molar-refractivity contribution in [1.29, 1.82) is 0 Å². The molecule has 0 radical (unpaired) electrons. The van der Waals surface area contributed by atoms with Gasteiger partial charge in [0.25, 0.3) is 0 Å². The Kier molecular flexibility index (Phi) is 9.53. The molecule has 132 valence electrons. The van der Waals surface area contributed by atoms with Crippen molar-refractivity contribution in [1.82, 2.24) is 5.32 Å². The zero-order valence-corrected chi connectivity index (χ0v) is 16.3. The molecule has 0 aliphatic heterocycles. The SMILES string of the molecule is CC(C)CCNCc1cc(Cl)ccc1OCc1ccc(Cl)cc1.Cl. The molecule has 0 bridgehead atoms. The molecule has 0 amide bonds. The average Bonchev–Trinajstić information content (AvgIpc) is 2.52. The van der Waals surface area contributed by atoms with Crippen LogP contribution in [-0.2, 0) is 13.2 Å². The first-order valence-electron chi connectivity index (χ1n) is 7.91. The van der Waals surface area contributed by atoms with Crippen LogP contribution in [0.15, 0.2) is 42.5 Å². The van der Waals surface area contributed by atoms with Gasteiger partial charge in [-0.15, -0.1) is 12.4 Å². The Morgan fingerprint density at radius 2 is 1.67 bits per heavy atom. The molecule has 2 nitrogen and oxygen atoms in total. The van der Waals surface area contributed by atoms with Crippen molar-refractivity contribution in [2.45, 2.75) is 33.4 Å². The van der Waals surface area contributed by atoms with Crippen LogP contribution in [0.1, 0.15) is 31.4 Å². The molecule has 2 rings (SSSR count). The predicted molar refractivity (Wildman–Crippen MR) is 106 cm³/mol. The summed E-state index contributed by atoms with van der Waals surface area (Å²) in [6.07, 6.45) is 1.15. The first-order chi connectivity index (χ1) is 11.0. The summed E-state index contributed by atoms with van der Waals surface area (Å²) in [5.41, 5.74) is 2.17.